The number of nitrogen functional groups attached to an aromatic ring is 1. The first-order chi connectivity index (χ1) is 16.5. The first-order valence-electron chi connectivity index (χ1n) is 11.7. The molecule has 7 nitrogen and oxygen atoms in total. The predicted octanol–water partition coefficient (Wildman–Crippen LogP) is 4.46. The van der Waals surface area contributed by atoms with Gasteiger partial charge in [-0.25, -0.2) is 19.6 Å². The summed E-state index contributed by atoms with van der Waals surface area (Å²) in [5.74, 6) is 2.97. The summed E-state index contributed by atoms with van der Waals surface area (Å²) >= 11 is 0. The molecular weight excluding hydrogens is 430 g/mol. The summed E-state index contributed by atoms with van der Waals surface area (Å²) < 4.78 is 14.5. The highest BCUT2D eigenvalue weighted by atomic mass is 19.1. The van der Waals surface area contributed by atoms with Crippen molar-refractivity contribution >= 4 is 35.5 Å². The molecule has 3 aromatic rings. The van der Waals surface area contributed by atoms with Crippen LogP contribution < -0.4 is 10.6 Å². The molecule has 2 fully saturated rings. The molecule has 0 spiro atoms. The summed E-state index contributed by atoms with van der Waals surface area (Å²) in [5.41, 5.74) is 8.01. The van der Waals surface area contributed by atoms with Crippen LogP contribution in [0.1, 0.15) is 31.2 Å². The SMILES string of the molecule is CN=Cc1cc(-c2ccc3nc(N4CCC(B(C#N)C5CCC5)C4)ccc3n2)c(O)c(F)c1N. The minimum Gasteiger partial charge on any atom is -0.504 e. The molecule has 2 aliphatic rings. The van der Waals surface area contributed by atoms with Crippen LogP contribution in [-0.4, -0.2) is 48.1 Å². The number of fused-ring (bicyclic) bond motifs is 1. The van der Waals surface area contributed by atoms with Gasteiger partial charge in [-0.1, -0.05) is 19.3 Å². The third-order valence-electron chi connectivity index (χ3n) is 7.25. The number of phenolic OH excluding ortho intramolecular Hbond substituents is 1. The standard InChI is InChI=1S/C25H26BFN6O/c1-30-12-15-11-18(25(34)23(27)24(15)29)19-5-6-21-20(31-19)7-8-22(32-21)33-10-9-17(13-33)26(14-28)16-3-2-4-16/h5-8,11-12,16-17,34H,2-4,9-10,13,29H2,1H3. The van der Waals surface area contributed by atoms with Crippen LogP contribution >= 0.6 is 0 Å². The molecule has 1 unspecified atom stereocenters. The highest BCUT2D eigenvalue weighted by molar-refractivity contribution is 6.70. The zero-order chi connectivity index (χ0) is 23.8. The van der Waals surface area contributed by atoms with E-state index < -0.39 is 11.6 Å². The summed E-state index contributed by atoms with van der Waals surface area (Å²) in [5, 5.41) is 20.0. The van der Waals surface area contributed by atoms with E-state index in [1.54, 1.807) is 19.2 Å². The number of hydrogen-bond donors (Lipinski definition) is 2. The normalized spacial score (nSPS) is 18.4. The van der Waals surface area contributed by atoms with Gasteiger partial charge >= 0.3 is 0 Å². The Hall–Kier alpha value is -3.67. The van der Waals surface area contributed by atoms with E-state index in [1.165, 1.54) is 25.5 Å². The number of benzene rings is 1. The lowest BCUT2D eigenvalue weighted by atomic mass is 9.31. The van der Waals surface area contributed by atoms with Crippen LogP contribution in [0.25, 0.3) is 22.3 Å². The van der Waals surface area contributed by atoms with Crippen molar-refractivity contribution in [3.05, 3.63) is 41.7 Å². The number of pyridine rings is 2. The van der Waals surface area contributed by atoms with E-state index in [9.17, 15) is 14.8 Å². The van der Waals surface area contributed by atoms with Crippen molar-refractivity contribution < 1.29 is 9.50 Å². The fraction of sp³-hybridized carbons (Fsp3) is 0.360. The van der Waals surface area contributed by atoms with Crippen molar-refractivity contribution in [2.75, 3.05) is 30.8 Å². The minimum absolute atomic E-state index is 0.138. The van der Waals surface area contributed by atoms with Gasteiger partial charge in [0.1, 0.15) is 5.82 Å². The Kier molecular flexibility index (Phi) is 5.82. The zero-order valence-electron chi connectivity index (χ0n) is 19.1. The molecule has 1 aromatic carbocycles. The number of nitrogens with zero attached hydrogens (tertiary/aromatic N) is 5. The number of phenols is 1. The van der Waals surface area contributed by atoms with Gasteiger partial charge < -0.3 is 15.7 Å². The van der Waals surface area contributed by atoms with Gasteiger partial charge in [-0.3, -0.25) is 4.99 Å². The van der Waals surface area contributed by atoms with E-state index in [0.29, 0.717) is 33.9 Å². The number of rotatable bonds is 5. The lowest BCUT2D eigenvalue weighted by Crippen LogP contribution is -2.32. The average molecular weight is 456 g/mol. The van der Waals surface area contributed by atoms with Crippen molar-refractivity contribution in [2.24, 2.45) is 4.99 Å². The number of nitrogens with two attached hydrogens (primary N) is 1. The van der Waals surface area contributed by atoms with Crippen molar-refractivity contribution in [1.29, 1.82) is 5.26 Å². The number of halogens is 1. The number of anilines is 2. The van der Waals surface area contributed by atoms with Gasteiger partial charge in [-0.15, -0.1) is 0 Å². The third kappa shape index (κ3) is 3.83. The molecule has 0 amide bonds. The molecule has 34 heavy (non-hydrogen) atoms. The van der Waals surface area contributed by atoms with E-state index in [4.69, 9.17) is 10.7 Å². The van der Waals surface area contributed by atoms with Crippen molar-refractivity contribution in [2.45, 2.75) is 37.3 Å². The van der Waals surface area contributed by atoms with Crippen LogP contribution in [0.2, 0.25) is 11.6 Å². The first kappa shape index (κ1) is 22.1. The molecule has 1 saturated carbocycles. The lowest BCUT2D eigenvalue weighted by molar-refractivity contribution is 0.436. The molecule has 0 bridgehead atoms. The Bertz CT molecular complexity index is 1320. The molecular formula is C25H26BFN6O. The Labute approximate surface area is 198 Å². The molecule has 1 aliphatic carbocycles. The second-order valence-electron chi connectivity index (χ2n) is 9.22. The monoisotopic (exact) mass is 456 g/mol. The molecule has 3 heterocycles. The Morgan fingerprint density at radius 1 is 1.21 bits per heavy atom. The summed E-state index contributed by atoms with van der Waals surface area (Å²) in [4.78, 5) is 15.6. The Morgan fingerprint density at radius 3 is 2.68 bits per heavy atom. The number of nitriles is 1. The summed E-state index contributed by atoms with van der Waals surface area (Å²) in [7, 11) is 1.57. The fourth-order valence-corrected chi connectivity index (χ4v) is 5.12. The van der Waals surface area contributed by atoms with Crippen LogP contribution in [0.4, 0.5) is 15.9 Å². The van der Waals surface area contributed by atoms with Crippen molar-refractivity contribution in [3.63, 3.8) is 0 Å². The maximum absolute atomic E-state index is 14.5. The van der Waals surface area contributed by atoms with E-state index in [2.05, 4.69) is 20.8 Å². The first-order valence-corrected chi connectivity index (χ1v) is 11.7. The summed E-state index contributed by atoms with van der Waals surface area (Å²) in [6.45, 7) is 1.87. The van der Waals surface area contributed by atoms with Gasteiger partial charge in [0, 0.05) is 43.4 Å². The largest absolute Gasteiger partial charge is 0.504 e. The molecule has 9 heteroatoms. The summed E-state index contributed by atoms with van der Waals surface area (Å²) in [6, 6.07) is 8.94. The third-order valence-corrected chi connectivity index (χ3v) is 7.25. The number of aromatic hydroxyl groups is 1. The second-order valence-corrected chi connectivity index (χ2v) is 9.22. The van der Waals surface area contributed by atoms with Gasteiger partial charge in [0.2, 0.25) is 0 Å². The molecule has 5 rings (SSSR count). The molecule has 2 aromatic heterocycles. The Morgan fingerprint density at radius 2 is 1.97 bits per heavy atom. The molecule has 1 saturated heterocycles. The zero-order valence-corrected chi connectivity index (χ0v) is 19.1. The highest BCUT2D eigenvalue weighted by Crippen LogP contribution is 2.42. The van der Waals surface area contributed by atoms with E-state index >= 15 is 0 Å². The van der Waals surface area contributed by atoms with Crippen molar-refractivity contribution in [1.82, 2.24) is 9.97 Å². The number of aromatic nitrogens is 2. The molecule has 172 valence electrons. The number of aliphatic imine (C=N–C) groups is 1. The average Bonchev–Trinajstić information content (AvgIpc) is 3.31. The Balaban J connectivity index is 1.41. The predicted molar refractivity (Wildman–Crippen MR) is 134 cm³/mol. The van der Waals surface area contributed by atoms with E-state index in [1.807, 2.05) is 18.2 Å². The summed E-state index contributed by atoms with van der Waals surface area (Å²) in [6.07, 6.45) is 6.06. The topological polar surface area (TPSA) is 111 Å². The molecule has 1 aliphatic heterocycles. The van der Waals surface area contributed by atoms with Crippen LogP contribution in [0.5, 0.6) is 5.75 Å². The minimum atomic E-state index is -0.885. The van der Waals surface area contributed by atoms with Gasteiger partial charge in [-0.05, 0) is 48.4 Å². The number of hydrogen-bond acceptors (Lipinski definition) is 7. The smallest absolute Gasteiger partial charge is 0.275 e. The van der Waals surface area contributed by atoms with Crippen LogP contribution in [0, 0.1) is 17.0 Å². The lowest BCUT2D eigenvalue weighted by Gasteiger charge is -2.30. The highest BCUT2D eigenvalue weighted by Gasteiger charge is 2.40. The quantitative estimate of drug-likeness (QED) is 0.333. The van der Waals surface area contributed by atoms with Crippen LogP contribution in [0.3, 0.4) is 0 Å². The van der Waals surface area contributed by atoms with Gasteiger partial charge in [0.15, 0.2) is 11.6 Å². The van der Waals surface area contributed by atoms with E-state index in [0.717, 1.165) is 25.3 Å². The van der Waals surface area contributed by atoms with E-state index in [-0.39, 0.29) is 18.0 Å². The second kappa shape index (κ2) is 8.94. The van der Waals surface area contributed by atoms with Crippen LogP contribution in [-0.2, 0) is 0 Å². The maximum atomic E-state index is 14.5. The van der Waals surface area contributed by atoms with Gasteiger partial charge in [0.25, 0.3) is 6.71 Å². The van der Waals surface area contributed by atoms with Crippen LogP contribution in [0.15, 0.2) is 35.3 Å². The molecule has 3 N–H and O–H groups in total. The maximum Gasteiger partial charge on any atom is 0.275 e. The molecule has 0 radical (unpaired) electrons. The fourth-order valence-electron chi connectivity index (χ4n) is 5.12. The molecule has 1 atom stereocenters. The van der Waals surface area contributed by atoms with Crippen molar-refractivity contribution in [3.8, 4) is 23.0 Å². The van der Waals surface area contributed by atoms with Gasteiger partial charge in [0.05, 0.1) is 22.4 Å². The van der Waals surface area contributed by atoms with Gasteiger partial charge in [-0.2, -0.15) is 0 Å².